The minimum Gasteiger partial charge on any atom is -0.352 e. The third-order valence-electron chi connectivity index (χ3n) is 9.08. The van der Waals surface area contributed by atoms with Crippen LogP contribution in [0.1, 0.15) is 89.0 Å². The van der Waals surface area contributed by atoms with Crippen LogP contribution in [0.4, 0.5) is 13.2 Å². The van der Waals surface area contributed by atoms with Gasteiger partial charge in [-0.3, -0.25) is 4.79 Å². The van der Waals surface area contributed by atoms with Gasteiger partial charge in [0.2, 0.25) is 0 Å². The third-order valence-corrected chi connectivity index (χ3v) is 9.08. The molecular formula is C36H40F3N3O. The minimum absolute atomic E-state index is 0.142. The highest BCUT2D eigenvalue weighted by Gasteiger charge is 2.30. The van der Waals surface area contributed by atoms with Gasteiger partial charge in [-0.1, -0.05) is 36.4 Å². The van der Waals surface area contributed by atoms with E-state index in [0.717, 1.165) is 75.9 Å². The van der Waals surface area contributed by atoms with E-state index >= 15 is 0 Å². The van der Waals surface area contributed by atoms with Gasteiger partial charge in [0.05, 0.1) is 11.6 Å². The number of alkyl halides is 3. The van der Waals surface area contributed by atoms with Crippen molar-refractivity contribution in [2.24, 2.45) is 0 Å². The van der Waals surface area contributed by atoms with E-state index in [4.69, 9.17) is 0 Å². The number of halogens is 3. The van der Waals surface area contributed by atoms with Crippen molar-refractivity contribution in [1.82, 2.24) is 10.2 Å². The number of unbranched alkanes of at least 4 members (excludes halogenated alkanes) is 1. The average molecular weight is 588 g/mol. The first-order valence-electron chi connectivity index (χ1n) is 15.6. The number of amides is 1. The molecule has 0 atom stereocenters. The van der Waals surface area contributed by atoms with Gasteiger partial charge in [-0.05, 0) is 141 Å². The predicted octanol–water partition coefficient (Wildman–Crippen LogP) is 8.10. The Kier molecular flexibility index (Phi) is 10.2. The number of carbonyl (C=O) groups excluding carboxylic acids is 1. The van der Waals surface area contributed by atoms with E-state index in [0.29, 0.717) is 30.0 Å². The Morgan fingerprint density at radius 2 is 1.58 bits per heavy atom. The van der Waals surface area contributed by atoms with Crippen LogP contribution >= 0.6 is 0 Å². The molecule has 1 aliphatic carbocycles. The highest BCUT2D eigenvalue weighted by atomic mass is 19.4. The Labute approximate surface area is 252 Å². The molecule has 5 rings (SSSR count). The number of aryl methyl sites for hydroxylation is 1. The first kappa shape index (κ1) is 30.8. The fourth-order valence-electron chi connectivity index (χ4n) is 6.68. The van der Waals surface area contributed by atoms with E-state index in [1.807, 2.05) is 0 Å². The van der Waals surface area contributed by atoms with Crippen molar-refractivity contribution in [3.05, 3.63) is 94.0 Å². The molecule has 1 saturated heterocycles. The molecule has 1 N–H and O–H groups in total. The van der Waals surface area contributed by atoms with Crippen molar-refractivity contribution in [2.45, 2.75) is 76.3 Å². The normalized spacial score (nSPS) is 16.0. The van der Waals surface area contributed by atoms with E-state index < -0.39 is 11.7 Å². The Bertz CT molecular complexity index is 1420. The molecule has 2 aliphatic rings. The summed E-state index contributed by atoms with van der Waals surface area (Å²) in [5.41, 5.74) is 7.30. The number of piperidine rings is 1. The molecule has 1 fully saturated rings. The quantitative estimate of drug-likeness (QED) is 0.244. The highest BCUT2D eigenvalue weighted by Crippen LogP contribution is 2.36. The minimum atomic E-state index is -4.36. The van der Waals surface area contributed by atoms with Crippen molar-refractivity contribution in [2.75, 3.05) is 26.2 Å². The number of hydrogen-bond acceptors (Lipinski definition) is 3. The fraction of sp³-hybridized carbons (Fsp3) is 0.444. The van der Waals surface area contributed by atoms with Crippen LogP contribution in [0.2, 0.25) is 0 Å². The lowest BCUT2D eigenvalue weighted by atomic mass is 9.79. The predicted molar refractivity (Wildman–Crippen MR) is 164 cm³/mol. The SMILES string of the molecule is N#CCCc1c(C2CCN(CCCCNC(=O)c3ccc(-c4ccc(C(F)(F)F)cc4)cc3)CC2)ccc2c1CCCC2. The van der Waals surface area contributed by atoms with Crippen LogP contribution in [-0.4, -0.2) is 37.0 Å². The molecule has 1 aliphatic heterocycles. The topological polar surface area (TPSA) is 56.1 Å². The van der Waals surface area contributed by atoms with E-state index in [9.17, 15) is 23.2 Å². The van der Waals surface area contributed by atoms with E-state index in [1.165, 1.54) is 48.1 Å². The highest BCUT2D eigenvalue weighted by molar-refractivity contribution is 5.94. The van der Waals surface area contributed by atoms with Gasteiger partial charge in [-0.15, -0.1) is 0 Å². The summed E-state index contributed by atoms with van der Waals surface area (Å²) in [6.45, 7) is 3.79. The summed E-state index contributed by atoms with van der Waals surface area (Å²) in [7, 11) is 0. The summed E-state index contributed by atoms with van der Waals surface area (Å²) in [5, 5.41) is 12.2. The van der Waals surface area contributed by atoms with E-state index in [1.54, 1.807) is 29.8 Å². The second-order valence-corrected chi connectivity index (χ2v) is 11.9. The average Bonchev–Trinajstić information content (AvgIpc) is 3.03. The van der Waals surface area contributed by atoms with Gasteiger partial charge < -0.3 is 10.2 Å². The summed E-state index contributed by atoms with van der Waals surface area (Å²) in [4.78, 5) is 15.1. The van der Waals surface area contributed by atoms with Gasteiger partial charge in [0, 0.05) is 18.5 Å². The van der Waals surface area contributed by atoms with Crippen molar-refractivity contribution < 1.29 is 18.0 Å². The van der Waals surface area contributed by atoms with Crippen LogP contribution in [0.15, 0.2) is 60.7 Å². The number of hydrogen-bond donors (Lipinski definition) is 1. The van der Waals surface area contributed by atoms with Gasteiger partial charge in [0.1, 0.15) is 0 Å². The van der Waals surface area contributed by atoms with Crippen LogP contribution in [0, 0.1) is 11.3 Å². The number of carbonyl (C=O) groups is 1. The second-order valence-electron chi connectivity index (χ2n) is 11.9. The fourth-order valence-corrected chi connectivity index (χ4v) is 6.68. The van der Waals surface area contributed by atoms with Gasteiger partial charge >= 0.3 is 6.18 Å². The molecule has 1 amide bonds. The number of nitriles is 1. The Morgan fingerprint density at radius 1 is 0.907 bits per heavy atom. The largest absolute Gasteiger partial charge is 0.416 e. The molecule has 0 radical (unpaired) electrons. The number of nitrogens with zero attached hydrogens (tertiary/aromatic N) is 2. The Hall–Kier alpha value is -3.63. The van der Waals surface area contributed by atoms with E-state index in [2.05, 4.69) is 28.4 Å². The molecule has 0 saturated carbocycles. The van der Waals surface area contributed by atoms with Gasteiger partial charge in [-0.2, -0.15) is 18.4 Å². The lowest BCUT2D eigenvalue weighted by Crippen LogP contribution is -2.34. The summed E-state index contributed by atoms with van der Waals surface area (Å²) in [6.07, 6.45) is 6.19. The van der Waals surface area contributed by atoms with Crippen LogP contribution < -0.4 is 5.32 Å². The zero-order valence-electron chi connectivity index (χ0n) is 24.7. The molecule has 0 aromatic heterocycles. The zero-order chi connectivity index (χ0) is 30.2. The standard InChI is InChI=1S/C36H40F3N3O/c37-36(38,39)31-16-13-27(14-17-31)26-9-11-30(12-10-26)35(43)41-22-3-4-23-42-24-19-29(20-25-42)33-18-15-28-6-1-2-7-32(28)34(33)8-5-21-40/h9-18,29H,1-8,19-20,22-25H2,(H,41,43). The molecule has 1 heterocycles. The monoisotopic (exact) mass is 587 g/mol. The van der Waals surface area contributed by atoms with Gasteiger partial charge in [0.15, 0.2) is 0 Å². The zero-order valence-corrected chi connectivity index (χ0v) is 24.7. The molecule has 226 valence electrons. The van der Waals surface area contributed by atoms with Crippen molar-refractivity contribution >= 4 is 5.91 Å². The molecule has 43 heavy (non-hydrogen) atoms. The molecule has 0 unspecified atom stereocenters. The third kappa shape index (κ3) is 7.86. The summed E-state index contributed by atoms with van der Waals surface area (Å²) in [6, 6.07) is 19.1. The maximum absolute atomic E-state index is 12.8. The lowest BCUT2D eigenvalue weighted by Gasteiger charge is -2.34. The maximum atomic E-state index is 12.8. The molecule has 3 aromatic rings. The lowest BCUT2D eigenvalue weighted by molar-refractivity contribution is -0.137. The van der Waals surface area contributed by atoms with Crippen LogP contribution in [-0.2, 0) is 25.4 Å². The number of nitrogens with one attached hydrogen (secondary N) is 1. The number of likely N-dealkylation sites (tertiary alicyclic amines) is 1. The number of fused-ring (bicyclic) bond motifs is 1. The smallest absolute Gasteiger partial charge is 0.352 e. The summed E-state index contributed by atoms with van der Waals surface area (Å²) in [5.74, 6) is 0.430. The van der Waals surface area contributed by atoms with Crippen molar-refractivity contribution in [1.29, 1.82) is 5.26 Å². The first-order valence-corrected chi connectivity index (χ1v) is 15.6. The van der Waals surface area contributed by atoms with Crippen LogP contribution in [0.25, 0.3) is 11.1 Å². The number of benzene rings is 3. The Balaban J connectivity index is 1.03. The van der Waals surface area contributed by atoms with Crippen molar-refractivity contribution in [3.8, 4) is 17.2 Å². The van der Waals surface area contributed by atoms with Crippen LogP contribution in [0.5, 0.6) is 0 Å². The summed E-state index contributed by atoms with van der Waals surface area (Å²) < 4.78 is 38.4. The maximum Gasteiger partial charge on any atom is 0.416 e. The Morgan fingerprint density at radius 3 is 2.26 bits per heavy atom. The van der Waals surface area contributed by atoms with Crippen molar-refractivity contribution in [3.63, 3.8) is 0 Å². The second kappa shape index (κ2) is 14.2. The van der Waals surface area contributed by atoms with Gasteiger partial charge in [-0.25, -0.2) is 0 Å². The number of rotatable bonds is 10. The first-order chi connectivity index (χ1) is 20.8. The molecule has 3 aromatic carbocycles. The van der Waals surface area contributed by atoms with Gasteiger partial charge in [0.25, 0.3) is 5.91 Å². The molecule has 0 spiro atoms. The van der Waals surface area contributed by atoms with Crippen LogP contribution in [0.3, 0.4) is 0 Å². The molecule has 4 nitrogen and oxygen atoms in total. The molecule has 0 bridgehead atoms. The molecule has 7 heteroatoms. The van der Waals surface area contributed by atoms with E-state index in [-0.39, 0.29) is 5.91 Å². The molecular weight excluding hydrogens is 547 g/mol. The summed E-state index contributed by atoms with van der Waals surface area (Å²) >= 11 is 0.